The number of aromatic amines is 1. The Balaban J connectivity index is 2.35. The second-order valence-electron chi connectivity index (χ2n) is 3.25. The quantitative estimate of drug-likeness (QED) is 0.837. The summed E-state index contributed by atoms with van der Waals surface area (Å²) in [6, 6.07) is 6.52. The summed E-state index contributed by atoms with van der Waals surface area (Å²) in [4.78, 5) is 18.5. The Morgan fingerprint density at radius 2 is 2.24 bits per heavy atom. The lowest BCUT2D eigenvalue weighted by molar-refractivity contribution is 0.279. The first-order chi connectivity index (χ1) is 8.19. The minimum atomic E-state index is -0.213. The van der Waals surface area contributed by atoms with Gasteiger partial charge in [0.1, 0.15) is 0 Å². The molecule has 4 nitrogen and oxygen atoms in total. The van der Waals surface area contributed by atoms with Gasteiger partial charge in [-0.25, -0.2) is 4.98 Å². The van der Waals surface area contributed by atoms with Gasteiger partial charge in [-0.05, 0) is 17.7 Å². The molecule has 1 aromatic heterocycles. The summed E-state index contributed by atoms with van der Waals surface area (Å²) in [7, 11) is 0. The molecular weight excluding hydrogens is 260 g/mol. The molecule has 0 aliphatic carbocycles. The monoisotopic (exact) mass is 268 g/mol. The van der Waals surface area contributed by atoms with Crippen molar-refractivity contribution < 1.29 is 5.11 Å². The van der Waals surface area contributed by atoms with E-state index in [0.29, 0.717) is 10.2 Å². The minimum absolute atomic E-state index is 0.0867. The number of aliphatic hydroxyl groups excluding tert-OH is 1. The lowest BCUT2D eigenvalue weighted by Gasteiger charge is -2.06. The summed E-state index contributed by atoms with van der Waals surface area (Å²) in [6.07, 6.45) is 1.43. The maximum absolute atomic E-state index is 11.1. The van der Waals surface area contributed by atoms with Crippen LogP contribution in [-0.2, 0) is 6.61 Å². The maximum Gasteiger partial charge on any atom is 0.251 e. The Labute approximate surface area is 107 Å². The zero-order chi connectivity index (χ0) is 12.3. The number of aromatic nitrogens is 2. The van der Waals surface area contributed by atoms with E-state index in [1.807, 2.05) is 0 Å². The van der Waals surface area contributed by atoms with Crippen LogP contribution in [0.5, 0.6) is 0 Å². The zero-order valence-electron chi connectivity index (χ0n) is 8.68. The van der Waals surface area contributed by atoms with Crippen LogP contribution < -0.4 is 5.56 Å². The first-order valence-corrected chi connectivity index (χ1v) is 6.01. The predicted octanol–water partition coefficient (Wildman–Crippen LogP) is 2.07. The Morgan fingerprint density at radius 3 is 2.94 bits per heavy atom. The molecule has 88 valence electrons. The van der Waals surface area contributed by atoms with Crippen LogP contribution in [0.4, 0.5) is 0 Å². The number of H-pyrrole nitrogens is 1. The van der Waals surface area contributed by atoms with E-state index in [4.69, 9.17) is 11.6 Å². The fraction of sp³-hybridized carbons (Fsp3) is 0.0909. The normalized spacial score (nSPS) is 10.5. The molecule has 2 aromatic rings. The van der Waals surface area contributed by atoms with Crippen molar-refractivity contribution in [3.8, 4) is 0 Å². The zero-order valence-corrected chi connectivity index (χ0v) is 10.3. The van der Waals surface area contributed by atoms with Crippen LogP contribution in [0.25, 0.3) is 0 Å². The predicted molar refractivity (Wildman–Crippen MR) is 66.4 cm³/mol. The van der Waals surface area contributed by atoms with Crippen LogP contribution in [0.2, 0.25) is 5.02 Å². The van der Waals surface area contributed by atoms with Crippen molar-refractivity contribution in [3.63, 3.8) is 0 Å². The lowest BCUT2D eigenvalue weighted by atomic mass is 10.2. The molecule has 0 atom stereocenters. The standard InChI is InChI=1S/C11H9ClN2O2S/c12-8-2-1-7(6-15)9(5-8)17-11-13-4-3-10(16)14-11/h1-5,15H,6H2,(H,13,14,16). The van der Waals surface area contributed by atoms with E-state index in [-0.39, 0.29) is 12.2 Å². The van der Waals surface area contributed by atoms with Crippen LogP contribution in [0, 0.1) is 0 Å². The smallest absolute Gasteiger partial charge is 0.251 e. The third-order valence-electron chi connectivity index (χ3n) is 2.05. The van der Waals surface area contributed by atoms with Gasteiger partial charge in [-0.15, -0.1) is 0 Å². The lowest BCUT2D eigenvalue weighted by Crippen LogP contribution is -2.05. The molecule has 17 heavy (non-hydrogen) atoms. The second kappa shape index (κ2) is 5.35. The Hall–Kier alpha value is -1.30. The fourth-order valence-electron chi connectivity index (χ4n) is 1.26. The first-order valence-electron chi connectivity index (χ1n) is 4.81. The van der Waals surface area contributed by atoms with E-state index in [1.165, 1.54) is 24.0 Å². The number of nitrogens with one attached hydrogen (secondary N) is 1. The molecule has 0 fully saturated rings. The minimum Gasteiger partial charge on any atom is -0.392 e. The largest absolute Gasteiger partial charge is 0.392 e. The van der Waals surface area contributed by atoms with Crippen molar-refractivity contribution in [1.82, 2.24) is 9.97 Å². The molecule has 0 radical (unpaired) electrons. The van der Waals surface area contributed by atoms with Gasteiger partial charge in [-0.1, -0.05) is 29.4 Å². The number of benzene rings is 1. The third kappa shape index (κ3) is 3.09. The highest BCUT2D eigenvalue weighted by atomic mass is 35.5. The molecule has 6 heteroatoms. The number of hydrogen-bond donors (Lipinski definition) is 2. The molecule has 2 N–H and O–H groups in total. The Bertz CT molecular complexity index is 586. The van der Waals surface area contributed by atoms with Crippen molar-refractivity contribution in [1.29, 1.82) is 0 Å². The number of hydrogen-bond acceptors (Lipinski definition) is 4. The molecule has 0 aliphatic heterocycles. The average molecular weight is 269 g/mol. The van der Waals surface area contributed by atoms with Crippen LogP contribution >= 0.6 is 23.4 Å². The van der Waals surface area contributed by atoms with Crippen molar-refractivity contribution in [3.05, 3.63) is 51.4 Å². The maximum atomic E-state index is 11.1. The molecule has 0 bridgehead atoms. The van der Waals surface area contributed by atoms with Gasteiger partial charge >= 0.3 is 0 Å². The summed E-state index contributed by atoms with van der Waals surface area (Å²) in [5.41, 5.74) is 0.529. The molecule has 0 unspecified atom stereocenters. The van der Waals surface area contributed by atoms with Gasteiger partial charge in [0.25, 0.3) is 5.56 Å². The number of halogens is 1. The Kier molecular flexibility index (Phi) is 3.83. The highest BCUT2D eigenvalue weighted by Gasteiger charge is 2.06. The molecule has 1 heterocycles. The van der Waals surface area contributed by atoms with E-state index in [1.54, 1.807) is 18.2 Å². The van der Waals surface area contributed by atoms with E-state index in [2.05, 4.69) is 9.97 Å². The molecule has 0 amide bonds. The average Bonchev–Trinajstić information content (AvgIpc) is 2.29. The number of aliphatic hydroxyl groups is 1. The fourth-order valence-corrected chi connectivity index (χ4v) is 2.42. The van der Waals surface area contributed by atoms with Gasteiger partial charge in [0.15, 0.2) is 5.16 Å². The molecule has 0 spiro atoms. The highest BCUT2D eigenvalue weighted by molar-refractivity contribution is 7.99. The van der Waals surface area contributed by atoms with Crippen LogP contribution in [0.15, 0.2) is 45.3 Å². The molecular formula is C11H9ClN2O2S. The van der Waals surface area contributed by atoms with Gasteiger partial charge in [0.05, 0.1) is 6.61 Å². The van der Waals surface area contributed by atoms with Gasteiger partial charge in [-0.2, -0.15) is 0 Å². The summed E-state index contributed by atoms with van der Waals surface area (Å²) in [5.74, 6) is 0. The van der Waals surface area contributed by atoms with Crippen molar-refractivity contribution in [2.24, 2.45) is 0 Å². The molecule has 0 saturated carbocycles. The summed E-state index contributed by atoms with van der Waals surface area (Å²) in [5, 5.41) is 10.2. The van der Waals surface area contributed by atoms with E-state index >= 15 is 0 Å². The van der Waals surface area contributed by atoms with Gasteiger partial charge in [0.2, 0.25) is 0 Å². The van der Waals surface area contributed by atoms with E-state index in [0.717, 1.165) is 10.5 Å². The molecule has 0 saturated heterocycles. The van der Waals surface area contributed by atoms with Gasteiger partial charge in [0, 0.05) is 22.2 Å². The Morgan fingerprint density at radius 1 is 1.41 bits per heavy atom. The van der Waals surface area contributed by atoms with Crippen molar-refractivity contribution >= 4 is 23.4 Å². The van der Waals surface area contributed by atoms with E-state index < -0.39 is 0 Å². The van der Waals surface area contributed by atoms with Gasteiger partial charge in [-0.3, -0.25) is 4.79 Å². The SMILES string of the molecule is O=c1ccnc(Sc2cc(Cl)ccc2CO)[nH]1. The topological polar surface area (TPSA) is 66.0 Å². The summed E-state index contributed by atoms with van der Waals surface area (Å²) >= 11 is 7.14. The molecule has 2 rings (SSSR count). The first kappa shape index (κ1) is 12.2. The van der Waals surface area contributed by atoms with E-state index in [9.17, 15) is 9.90 Å². The summed E-state index contributed by atoms with van der Waals surface area (Å²) < 4.78 is 0. The molecule has 0 aliphatic rings. The summed E-state index contributed by atoms with van der Waals surface area (Å²) in [6.45, 7) is -0.0867. The second-order valence-corrected chi connectivity index (χ2v) is 4.72. The number of rotatable bonds is 3. The number of nitrogens with zero attached hydrogens (tertiary/aromatic N) is 1. The van der Waals surface area contributed by atoms with Crippen molar-refractivity contribution in [2.45, 2.75) is 16.7 Å². The third-order valence-corrected chi connectivity index (χ3v) is 3.29. The van der Waals surface area contributed by atoms with Crippen LogP contribution in [0.3, 0.4) is 0 Å². The highest BCUT2D eigenvalue weighted by Crippen LogP contribution is 2.29. The van der Waals surface area contributed by atoms with Crippen LogP contribution in [-0.4, -0.2) is 15.1 Å². The van der Waals surface area contributed by atoms with Crippen LogP contribution in [0.1, 0.15) is 5.56 Å². The molecule has 1 aromatic carbocycles. The van der Waals surface area contributed by atoms with Crippen molar-refractivity contribution in [2.75, 3.05) is 0 Å². The van der Waals surface area contributed by atoms with Gasteiger partial charge < -0.3 is 10.1 Å².